The summed E-state index contributed by atoms with van der Waals surface area (Å²) in [6, 6.07) is 22.7. The lowest BCUT2D eigenvalue weighted by Gasteiger charge is -2.25. The van der Waals surface area contributed by atoms with Gasteiger partial charge in [-0.1, -0.05) is 37.5 Å². The number of hydrogen-bond acceptors (Lipinski definition) is 3. The Bertz CT molecular complexity index is 1060. The minimum Gasteiger partial charge on any atom is -0.457 e. The number of nitrogens with zero attached hydrogens (tertiary/aromatic N) is 3. The zero-order valence-electron chi connectivity index (χ0n) is 15.8. The van der Waals surface area contributed by atoms with Crippen LogP contribution in [0.1, 0.15) is 38.1 Å². The van der Waals surface area contributed by atoms with Gasteiger partial charge in [-0.2, -0.15) is 0 Å². The molecule has 0 aliphatic heterocycles. The molecule has 2 aromatic heterocycles. The van der Waals surface area contributed by atoms with Gasteiger partial charge < -0.3 is 9.30 Å². The van der Waals surface area contributed by atoms with E-state index in [1.165, 1.54) is 32.1 Å². The summed E-state index contributed by atoms with van der Waals surface area (Å²) in [5.74, 6) is 2.68. The van der Waals surface area contributed by atoms with E-state index in [1.807, 2.05) is 54.7 Å². The first-order chi connectivity index (χ1) is 13.9. The summed E-state index contributed by atoms with van der Waals surface area (Å²) in [7, 11) is 0. The van der Waals surface area contributed by atoms with Crippen molar-refractivity contribution in [1.29, 1.82) is 0 Å². The first-order valence-electron chi connectivity index (χ1n) is 10.0. The van der Waals surface area contributed by atoms with Gasteiger partial charge in [-0.25, -0.2) is 9.97 Å². The highest BCUT2D eigenvalue weighted by atomic mass is 16.5. The molecule has 1 fully saturated rings. The van der Waals surface area contributed by atoms with Crippen LogP contribution in [0, 0.1) is 0 Å². The maximum atomic E-state index is 5.94. The third-order valence-electron chi connectivity index (χ3n) is 5.50. The van der Waals surface area contributed by atoms with Gasteiger partial charge >= 0.3 is 0 Å². The summed E-state index contributed by atoms with van der Waals surface area (Å²) < 4.78 is 8.35. The lowest BCUT2D eigenvalue weighted by molar-refractivity contribution is 0.362. The molecule has 0 unspecified atom stereocenters. The molecule has 0 radical (unpaired) electrons. The van der Waals surface area contributed by atoms with E-state index in [4.69, 9.17) is 9.72 Å². The van der Waals surface area contributed by atoms with Crippen LogP contribution in [-0.4, -0.2) is 14.5 Å². The Morgan fingerprint density at radius 1 is 0.786 bits per heavy atom. The van der Waals surface area contributed by atoms with E-state index < -0.39 is 0 Å². The zero-order chi connectivity index (χ0) is 18.8. The molecule has 1 saturated carbocycles. The molecular weight excluding hydrogens is 346 g/mol. The minimum absolute atomic E-state index is 0.498. The third-order valence-corrected chi connectivity index (χ3v) is 5.50. The number of hydrogen-bond donors (Lipinski definition) is 0. The Kier molecular flexibility index (Phi) is 4.53. The topological polar surface area (TPSA) is 39.9 Å². The van der Waals surface area contributed by atoms with Crippen molar-refractivity contribution in [3.8, 4) is 22.9 Å². The highest BCUT2D eigenvalue weighted by Crippen LogP contribution is 2.36. The second kappa shape index (κ2) is 7.47. The SMILES string of the molecule is c1ccc(Oc2ccc(-c3nc4ncccc4n3C3CCCCC3)cc2)cc1. The quantitative estimate of drug-likeness (QED) is 0.418. The number of aromatic nitrogens is 3. The van der Waals surface area contributed by atoms with E-state index in [0.717, 1.165) is 34.1 Å². The van der Waals surface area contributed by atoms with Gasteiger partial charge in [-0.05, 0) is 61.4 Å². The Labute approximate surface area is 164 Å². The monoisotopic (exact) mass is 369 g/mol. The van der Waals surface area contributed by atoms with E-state index in [9.17, 15) is 0 Å². The van der Waals surface area contributed by atoms with Gasteiger partial charge in [0.2, 0.25) is 0 Å². The van der Waals surface area contributed by atoms with Crippen LogP contribution in [0.3, 0.4) is 0 Å². The summed E-state index contributed by atoms with van der Waals surface area (Å²) in [5, 5.41) is 0. The molecule has 0 spiro atoms. The highest BCUT2D eigenvalue weighted by Gasteiger charge is 2.22. The maximum Gasteiger partial charge on any atom is 0.178 e. The number of imidazole rings is 1. The van der Waals surface area contributed by atoms with Crippen molar-refractivity contribution in [3.05, 3.63) is 72.9 Å². The van der Waals surface area contributed by atoms with Crippen LogP contribution in [-0.2, 0) is 0 Å². The molecular formula is C24H23N3O. The Hall–Kier alpha value is -3.14. The molecule has 2 heterocycles. The lowest BCUT2D eigenvalue weighted by Crippen LogP contribution is -2.13. The van der Waals surface area contributed by atoms with Gasteiger partial charge in [0.05, 0.1) is 5.52 Å². The second-order valence-electron chi connectivity index (χ2n) is 7.38. The number of rotatable bonds is 4. The lowest BCUT2D eigenvalue weighted by atomic mass is 9.95. The molecule has 4 aromatic rings. The molecule has 140 valence electrons. The zero-order valence-corrected chi connectivity index (χ0v) is 15.8. The average molecular weight is 369 g/mol. The molecule has 0 bridgehead atoms. The van der Waals surface area contributed by atoms with E-state index in [-0.39, 0.29) is 0 Å². The fourth-order valence-corrected chi connectivity index (χ4v) is 4.14. The summed E-state index contributed by atoms with van der Waals surface area (Å²) in [5.41, 5.74) is 3.06. The van der Waals surface area contributed by atoms with Crippen LogP contribution in [0.5, 0.6) is 11.5 Å². The summed E-state index contributed by atoms with van der Waals surface area (Å²) in [6.07, 6.45) is 8.15. The van der Waals surface area contributed by atoms with Crippen molar-refractivity contribution in [1.82, 2.24) is 14.5 Å². The van der Waals surface area contributed by atoms with Crippen molar-refractivity contribution in [2.75, 3.05) is 0 Å². The van der Waals surface area contributed by atoms with Crippen LogP contribution in [0.15, 0.2) is 72.9 Å². The van der Waals surface area contributed by atoms with E-state index >= 15 is 0 Å². The van der Waals surface area contributed by atoms with Crippen LogP contribution in [0.2, 0.25) is 0 Å². The summed E-state index contributed by atoms with van der Waals surface area (Å²) in [6.45, 7) is 0. The Morgan fingerprint density at radius 3 is 2.32 bits per heavy atom. The first kappa shape index (κ1) is 17.0. The van der Waals surface area contributed by atoms with Gasteiger partial charge in [0.15, 0.2) is 5.65 Å². The van der Waals surface area contributed by atoms with E-state index in [0.29, 0.717) is 6.04 Å². The Morgan fingerprint density at radius 2 is 1.54 bits per heavy atom. The number of fused-ring (bicyclic) bond motifs is 1. The van der Waals surface area contributed by atoms with Crippen LogP contribution < -0.4 is 4.74 Å². The van der Waals surface area contributed by atoms with Crippen molar-refractivity contribution in [3.63, 3.8) is 0 Å². The molecule has 0 saturated heterocycles. The maximum absolute atomic E-state index is 5.94. The fourth-order valence-electron chi connectivity index (χ4n) is 4.14. The van der Waals surface area contributed by atoms with E-state index in [1.54, 1.807) is 0 Å². The predicted molar refractivity (Wildman–Crippen MR) is 112 cm³/mol. The second-order valence-corrected chi connectivity index (χ2v) is 7.38. The highest BCUT2D eigenvalue weighted by molar-refractivity contribution is 5.77. The molecule has 28 heavy (non-hydrogen) atoms. The average Bonchev–Trinajstić information content (AvgIpc) is 3.15. The third kappa shape index (κ3) is 3.26. The van der Waals surface area contributed by atoms with Crippen molar-refractivity contribution >= 4 is 11.2 Å². The molecule has 4 heteroatoms. The van der Waals surface area contributed by atoms with Gasteiger partial charge in [-0.3, -0.25) is 0 Å². The number of pyridine rings is 1. The smallest absolute Gasteiger partial charge is 0.178 e. The standard InChI is InChI=1S/C24H23N3O/c1-3-8-19(9-4-1)27-22-12-7-17-25-23(22)26-24(27)18-13-15-21(16-14-18)28-20-10-5-2-6-11-20/h2,5-7,10-17,19H,1,3-4,8-9H2. The number of para-hydroxylation sites is 1. The van der Waals surface area contributed by atoms with Crippen molar-refractivity contribution < 1.29 is 4.74 Å². The van der Waals surface area contributed by atoms with Gasteiger partial charge in [0.25, 0.3) is 0 Å². The molecule has 1 aliphatic carbocycles. The predicted octanol–water partition coefficient (Wildman–Crippen LogP) is 6.40. The van der Waals surface area contributed by atoms with Crippen molar-refractivity contribution in [2.45, 2.75) is 38.1 Å². The Balaban J connectivity index is 1.51. The van der Waals surface area contributed by atoms with Gasteiger partial charge in [0, 0.05) is 17.8 Å². The minimum atomic E-state index is 0.498. The molecule has 2 aromatic carbocycles. The van der Waals surface area contributed by atoms with Crippen LogP contribution >= 0.6 is 0 Å². The molecule has 0 amide bonds. The molecule has 0 atom stereocenters. The molecule has 4 nitrogen and oxygen atoms in total. The summed E-state index contributed by atoms with van der Waals surface area (Å²) in [4.78, 5) is 9.38. The summed E-state index contributed by atoms with van der Waals surface area (Å²) >= 11 is 0. The van der Waals surface area contributed by atoms with Crippen LogP contribution in [0.25, 0.3) is 22.6 Å². The fraction of sp³-hybridized carbons (Fsp3) is 0.250. The van der Waals surface area contributed by atoms with Gasteiger partial charge in [-0.15, -0.1) is 0 Å². The number of ether oxygens (including phenoxy) is 1. The largest absolute Gasteiger partial charge is 0.457 e. The van der Waals surface area contributed by atoms with E-state index in [2.05, 4.69) is 27.8 Å². The number of benzene rings is 2. The molecule has 5 rings (SSSR count). The molecule has 0 N–H and O–H groups in total. The normalized spacial score (nSPS) is 15.0. The first-order valence-corrected chi connectivity index (χ1v) is 10.0. The van der Waals surface area contributed by atoms with Crippen molar-refractivity contribution in [2.24, 2.45) is 0 Å². The molecule has 1 aliphatic rings. The van der Waals surface area contributed by atoms with Crippen LogP contribution in [0.4, 0.5) is 0 Å². The van der Waals surface area contributed by atoms with Gasteiger partial charge in [0.1, 0.15) is 17.3 Å².